The first-order valence-electron chi connectivity index (χ1n) is 6.11. The topological polar surface area (TPSA) is 72.2 Å². The van der Waals surface area contributed by atoms with Crippen LogP contribution in [0.1, 0.15) is 37.6 Å². The molecular formula is C13H17ClN2O3. The van der Waals surface area contributed by atoms with Gasteiger partial charge >= 0.3 is 0 Å². The van der Waals surface area contributed by atoms with Gasteiger partial charge in [-0.3, -0.25) is 14.9 Å². The smallest absolute Gasteiger partial charge is 0.270 e. The molecule has 1 rings (SSSR count). The molecule has 0 aliphatic heterocycles. The molecule has 5 nitrogen and oxygen atoms in total. The van der Waals surface area contributed by atoms with E-state index < -0.39 is 4.92 Å². The zero-order valence-corrected chi connectivity index (χ0v) is 11.9. The number of nitro groups is 1. The number of hydrogen-bond donors (Lipinski definition) is 1. The van der Waals surface area contributed by atoms with Gasteiger partial charge in [0.05, 0.1) is 15.5 Å². The van der Waals surface area contributed by atoms with Crippen LogP contribution in [0.3, 0.4) is 0 Å². The average Bonchev–Trinajstić information content (AvgIpc) is 2.37. The van der Waals surface area contributed by atoms with E-state index in [4.69, 9.17) is 11.6 Å². The zero-order valence-electron chi connectivity index (χ0n) is 11.1. The number of carbonyl (C=O) groups is 1. The van der Waals surface area contributed by atoms with Gasteiger partial charge in [-0.15, -0.1) is 0 Å². The largest absolute Gasteiger partial charge is 0.349 e. The summed E-state index contributed by atoms with van der Waals surface area (Å²) in [4.78, 5) is 22.2. The normalized spacial score (nSPS) is 13.7. The second kappa shape index (κ2) is 6.52. The van der Waals surface area contributed by atoms with Crippen LogP contribution in [0.5, 0.6) is 0 Å². The van der Waals surface area contributed by atoms with Crippen molar-refractivity contribution in [2.75, 3.05) is 0 Å². The molecule has 1 aromatic carbocycles. The molecule has 6 heteroatoms. The van der Waals surface area contributed by atoms with E-state index in [1.54, 1.807) is 0 Å². The molecule has 0 spiro atoms. The van der Waals surface area contributed by atoms with Gasteiger partial charge in [0.15, 0.2) is 0 Å². The minimum Gasteiger partial charge on any atom is -0.349 e. The molecule has 104 valence electrons. The van der Waals surface area contributed by atoms with Gasteiger partial charge < -0.3 is 5.32 Å². The van der Waals surface area contributed by atoms with Gasteiger partial charge in [0, 0.05) is 18.2 Å². The highest BCUT2D eigenvalue weighted by Crippen LogP contribution is 2.22. The zero-order chi connectivity index (χ0) is 14.6. The number of halogens is 1. The lowest BCUT2D eigenvalue weighted by molar-refractivity contribution is -0.384. The van der Waals surface area contributed by atoms with Gasteiger partial charge in [-0.2, -0.15) is 0 Å². The molecule has 19 heavy (non-hydrogen) atoms. The number of nitro benzene ring substituents is 1. The fraction of sp³-hybridized carbons (Fsp3) is 0.462. The predicted molar refractivity (Wildman–Crippen MR) is 74.5 cm³/mol. The van der Waals surface area contributed by atoms with Crippen molar-refractivity contribution < 1.29 is 9.72 Å². The van der Waals surface area contributed by atoms with E-state index in [0.29, 0.717) is 5.92 Å². The third-order valence-electron chi connectivity index (χ3n) is 3.26. The number of amides is 1. The van der Waals surface area contributed by atoms with Crippen LogP contribution >= 0.6 is 11.6 Å². The minimum atomic E-state index is -0.550. The summed E-state index contributed by atoms with van der Waals surface area (Å²) < 4.78 is 0. The number of nitrogens with zero attached hydrogens (tertiary/aromatic N) is 1. The Hall–Kier alpha value is -1.62. The van der Waals surface area contributed by atoms with E-state index in [2.05, 4.69) is 5.32 Å². The fourth-order valence-corrected chi connectivity index (χ4v) is 1.78. The summed E-state index contributed by atoms with van der Waals surface area (Å²) in [7, 11) is 0. The Labute approximate surface area is 117 Å². The molecule has 0 aliphatic rings. The van der Waals surface area contributed by atoms with E-state index in [1.807, 2.05) is 20.8 Å². The van der Waals surface area contributed by atoms with E-state index in [-0.39, 0.29) is 28.2 Å². The Morgan fingerprint density at radius 1 is 1.47 bits per heavy atom. The maximum Gasteiger partial charge on any atom is 0.270 e. The third kappa shape index (κ3) is 3.92. The lowest BCUT2D eigenvalue weighted by Crippen LogP contribution is -2.37. The molecule has 0 saturated heterocycles. The quantitative estimate of drug-likeness (QED) is 0.665. The van der Waals surface area contributed by atoms with Crippen LogP contribution in [-0.2, 0) is 0 Å². The Morgan fingerprint density at radius 2 is 2.11 bits per heavy atom. The average molecular weight is 285 g/mol. The van der Waals surface area contributed by atoms with Gasteiger partial charge in [0.25, 0.3) is 11.6 Å². The lowest BCUT2D eigenvalue weighted by Gasteiger charge is -2.20. The first-order chi connectivity index (χ1) is 8.86. The van der Waals surface area contributed by atoms with Crippen molar-refractivity contribution in [3.05, 3.63) is 38.9 Å². The molecule has 0 aromatic heterocycles. The fourth-order valence-electron chi connectivity index (χ4n) is 1.58. The number of nitrogens with one attached hydrogen (secondary N) is 1. The van der Waals surface area contributed by atoms with E-state index >= 15 is 0 Å². The molecule has 2 atom stereocenters. The SMILES string of the molecule is CCC(C)C(C)NC(=O)c1cc([N+](=O)[O-])ccc1Cl. The highest BCUT2D eigenvalue weighted by atomic mass is 35.5. The molecule has 1 amide bonds. The van der Waals surface area contributed by atoms with Crippen LogP contribution in [-0.4, -0.2) is 16.9 Å². The summed E-state index contributed by atoms with van der Waals surface area (Å²) in [5, 5.41) is 13.7. The maximum atomic E-state index is 12.1. The summed E-state index contributed by atoms with van der Waals surface area (Å²) >= 11 is 5.91. The molecule has 0 aliphatic carbocycles. The minimum absolute atomic E-state index is 0.0205. The van der Waals surface area contributed by atoms with E-state index in [0.717, 1.165) is 6.42 Å². The molecule has 2 unspecified atom stereocenters. The maximum absolute atomic E-state index is 12.1. The highest BCUT2D eigenvalue weighted by Gasteiger charge is 2.19. The Bertz CT molecular complexity index is 491. The standard InChI is InChI=1S/C13H17ClN2O3/c1-4-8(2)9(3)15-13(17)11-7-10(16(18)19)5-6-12(11)14/h5-9H,4H2,1-3H3,(H,15,17). The molecule has 0 fully saturated rings. The van der Waals surface area contributed by atoms with Gasteiger partial charge in [-0.25, -0.2) is 0 Å². The molecule has 1 N–H and O–H groups in total. The molecule has 0 saturated carbocycles. The summed E-state index contributed by atoms with van der Waals surface area (Å²) in [6, 6.07) is 3.81. The number of hydrogen-bond acceptors (Lipinski definition) is 3. The summed E-state index contributed by atoms with van der Waals surface area (Å²) in [5.41, 5.74) is -0.0169. The number of carbonyl (C=O) groups excluding carboxylic acids is 1. The highest BCUT2D eigenvalue weighted by molar-refractivity contribution is 6.33. The summed E-state index contributed by atoms with van der Waals surface area (Å²) in [6.07, 6.45) is 0.935. The van der Waals surface area contributed by atoms with Crippen LogP contribution < -0.4 is 5.32 Å². The lowest BCUT2D eigenvalue weighted by atomic mass is 10.0. The van der Waals surface area contributed by atoms with Crippen molar-refractivity contribution in [1.82, 2.24) is 5.32 Å². The van der Waals surface area contributed by atoms with Crippen LogP contribution in [0, 0.1) is 16.0 Å². The molecule has 0 bridgehead atoms. The van der Waals surface area contributed by atoms with Crippen LogP contribution in [0.2, 0.25) is 5.02 Å². The van der Waals surface area contributed by atoms with Crippen molar-refractivity contribution in [3.8, 4) is 0 Å². The second-order valence-electron chi connectivity index (χ2n) is 4.57. The predicted octanol–water partition coefficient (Wildman–Crippen LogP) is 3.41. The molecular weight excluding hydrogens is 268 g/mol. The number of non-ortho nitro benzene ring substituents is 1. The third-order valence-corrected chi connectivity index (χ3v) is 3.59. The summed E-state index contributed by atoms with van der Waals surface area (Å²) in [5.74, 6) is -0.0667. The van der Waals surface area contributed by atoms with Gasteiger partial charge in [-0.1, -0.05) is 31.9 Å². The van der Waals surface area contributed by atoms with Gasteiger partial charge in [-0.05, 0) is 18.9 Å². The number of benzene rings is 1. The van der Waals surface area contributed by atoms with Gasteiger partial charge in [0.1, 0.15) is 0 Å². The molecule has 0 radical (unpaired) electrons. The van der Waals surface area contributed by atoms with Crippen molar-refractivity contribution in [1.29, 1.82) is 0 Å². The first-order valence-corrected chi connectivity index (χ1v) is 6.49. The van der Waals surface area contributed by atoms with Crippen molar-refractivity contribution in [3.63, 3.8) is 0 Å². The van der Waals surface area contributed by atoms with Crippen molar-refractivity contribution in [2.24, 2.45) is 5.92 Å². The molecule has 0 heterocycles. The van der Waals surface area contributed by atoms with E-state index in [1.165, 1.54) is 18.2 Å². The first kappa shape index (κ1) is 15.4. The van der Waals surface area contributed by atoms with Crippen LogP contribution in [0.4, 0.5) is 5.69 Å². The monoisotopic (exact) mass is 284 g/mol. The Balaban J connectivity index is 2.93. The van der Waals surface area contributed by atoms with Gasteiger partial charge in [0.2, 0.25) is 0 Å². The van der Waals surface area contributed by atoms with Crippen molar-refractivity contribution in [2.45, 2.75) is 33.2 Å². The van der Waals surface area contributed by atoms with Crippen molar-refractivity contribution >= 4 is 23.2 Å². The Morgan fingerprint density at radius 3 is 2.63 bits per heavy atom. The van der Waals surface area contributed by atoms with Crippen LogP contribution in [0.25, 0.3) is 0 Å². The van der Waals surface area contributed by atoms with Crippen LogP contribution in [0.15, 0.2) is 18.2 Å². The number of rotatable bonds is 5. The molecule has 1 aromatic rings. The second-order valence-corrected chi connectivity index (χ2v) is 4.98. The summed E-state index contributed by atoms with van der Waals surface area (Å²) in [6.45, 7) is 5.96. The Kier molecular flexibility index (Phi) is 5.30. The van der Waals surface area contributed by atoms with E-state index in [9.17, 15) is 14.9 Å².